The average Bonchev–Trinajstić information content (AvgIpc) is 2.56. The molecule has 0 aliphatic heterocycles. The number of nitrogens with zero attached hydrogens (tertiary/aromatic N) is 1. The zero-order chi connectivity index (χ0) is 16.7. The van der Waals surface area contributed by atoms with Gasteiger partial charge in [-0.1, -0.05) is 23.3 Å². The second-order valence-electron chi connectivity index (χ2n) is 5.54. The number of hydrogen-bond donors (Lipinski definition) is 1. The van der Waals surface area contributed by atoms with E-state index in [0.29, 0.717) is 6.54 Å². The second kappa shape index (κ2) is 8.67. The van der Waals surface area contributed by atoms with Crippen molar-refractivity contribution >= 4 is 23.5 Å². The molecular formula is C17H21ClN2O3. The molecule has 1 heterocycles. The summed E-state index contributed by atoms with van der Waals surface area (Å²) in [6.07, 6.45) is 8.42. The van der Waals surface area contributed by atoms with Crippen LogP contribution < -0.4 is 5.32 Å². The van der Waals surface area contributed by atoms with Gasteiger partial charge in [-0.05, 0) is 51.2 Å². The van der Waals surface area contributed by atoms with Gasteiger partial charge in [0.05, 0.1) is 5.56 Å². The Morgan fingerprint density at radius 2 is 2.26 bits per heavy atom. The smallest absolute Gasteiger partial charge is 0.342 e. The Morgan fingerprint density at radius 1 is 1.43 bits per heavy atom. The van der Waals surface area contributed by atoms with Gasteiger partial charge in [-0.3, -0.25) is 4.79 Å². The van der Waals surface area contributed by atoms with Gasteiger partial charge in [-0.2, -0.15) is 0 Å². The van der Waals surface area contributed by atoms with Crippen LogP contribution >= 0.6 is 11.6 Å². The van der Waals surface area contributed by atoms with Crippen LogP contribution in [0, 0.1) is 0 Å². The molecule has 0 unspecified atom stereocenters. The largest absolute Gasteiger partial charge is 0.449 e. The van der Waals surface area contributed by atoms with Crippen molar-refractivity contribution in [2.75, 3.05) is 6.54 Å². The highest BCUT2D eigenvalue weighted by atomic mass is 35.5. The van der Waals surface area contributed by atoms with Gasteiger partial charge in [0.2, 0.25) is 0 Å². The Kier molecular flexibility index (Phi) is 6.59. The molecule has 5 nitrogen and oxygen atoms in total. The molecule has 0 saturated carbocycles. The van der Waals surface area contributed by atoms with Crippen molar-refractivity contribution in [3.63, 3.8) is 0 Å². The fraction of sp³-hybridized carbons (Fsp3) is 0.471. The lowest BCUT2D eigenvalue weighted by Crippen LogP contribution is -2.36. The number of nitrogens with one attached hydrogen (secondary N) is 1. The first-order valence-electron chi connectivity index (χ1n) is 7.85. The van der Waals surface area contributed by atoms with E-state index >= 15 is 0 Å². The first-order chi connectivity index (χ1) is 11.1. The maximum Gasteiger partial charge on any atom is 0.342 e. The number of allylic oxidation sites excluding steroid dienone is 1. The molecule has 23 heavy (non-hydrogen) atoms. The second-order valence-corrected chi connectivity index (χ2v) is 5.90. The molecule has 1 aromatic heterocycles. The van der Waals surface area contributed by atoms with E-state index in [-0.39, 0.29) is 16.6 Å². The molecule has 0 bridgehead atoms. The molecule has 0 fully saturated rings. The summed E-state index contributed by atoms with van der Waals surface area (Å²) >= 11 is 5.83. The maximum atomic E-state index is 12.0. The third-order valence-corrected chi connectivity index (χ3v) is 4.06. The van der Waals surface area contributed by atoms with Gasteiger partial charge in [0, 0.05) is 12.7 Å². The number of rotatable bonds is 6. The van der Waals surface area contributed by atoms with E-state index in [1.165, 1.54) is 37.6 Å². The lowest BCUT2D eigenvalue weighted by molar-refractivity contribution is -0.129. The van der Waals surface area contributed by atoms with Crippen molar-refractivity contribution < 1.29 is 14.3 Å². The number of carbonyl (C=O) groups excluding carboxylic acids is 2. The molecule has 0 saturated heterocycles. The Hall–Kier alpha value is -1.88. The molecule has 1 amide bonds. The molecule has 1 N–H and O–H groups in total. The number of carbonyl (C=O) groups is 2. The van der Waals surface area contributed by atoms with Crippen LogP contribution in [-0.2, 0) is 9.53 Å². The van der Waals surface area contributed by atoms with Crippen LogP contribution in [0.3, 0.4) is 0 Å². The third kappa shape index (κ3) is 5.36. The molecule has 1 aliphatic carbocycles. The molecule has 6 heteroatoms. The molecule has 0 spiro atoms. The standard InChI is InChI=1S/C17H21ClN2O3/c1-12(23-17(22)14-8-5-10-19-15(14)18)16(21)20-11-9-13-6-3-2-4-7-13/h5-6,8,10,12H,2-4,7,9,11H2,1H3,(H,20,21)/t12-/m1/s1. The number of ether oxygens (including phenoxy) is 1. The zero-order valence-corrected chi connectivity index (χ0v) is 13.9. The van der Waals surface area contributed by atoms with Crippen molar-refractivity contribution in [2.45, 2.75) is 45.1 Å². The van der Waals surface area contributed by atoms with Crippen molar-refractivity contribution in [1.82, 2.24) is 10.3 Å². The van der Waals surface area contributed by atoms with E-state index in [2.05, 4.69) is 16.4 Å². The van der Waals surface area contributed by atoms with Gasteiger partial charge < -0.3 is 10.1 Å². The van der Waals surface area contributed by atoms with Crippen LogP contribution in [0.15, 0.2) is 30.0 Å². The summed E-state index contributed by atoms with van der Waals surface area (Å²) in [6, 6.07) is 3.10. The Labute approximate surface area is 141 Å². The van der Waals surface area contributed by atoms with E-state index in [0.717, 1.165) is 19.3 Å². The highest BCUT2D eigenvalue weighted by molar-refractivity contribution is 6.32. The van der Waals surface area contributed by atoms with Crippen LogP contribution in [-0.4, -0.2) is 29.5 Å². The van der Waals surface area contributed by atoms with Gasteiger partial charge >= 0.3 is 5.97 Å². The summed E-state index contributed by atoms with van der Waals surface area (Å²) in [5, 5.41) is 2.86. The molecule has 124 valence electrons. The van der Waals surface area contributed by atoms with Crippen LogP contribution in [0.2, 0.25) is 5.15 Å². The van der Waals surface area contributed by atoms with Gasteiger partial charge in [0.25, 0.3) is 5.91 Å². The quantitative estimate of drug-likeness (QED) is 0.491. The predicted octanol–water partition coefficient (Wildman–Crippen LogP) is 3.29. The first-order valence-corrected chi connectivity index (χ1v) is 8.23. The van der Waals surface area contributed by atoms with Crippen molar-refractivity contribution in [3.05, 3.63) is 40.7 Å². The lowest BCUT2D eigenvalue weighted by atomic mass is 9.97. The molecule has 0 aromatic carbocycles. The normalized spacial score (nSPS) is 15.5. The van der Waals surface area contributed by atoms with E-state index in [4.69, 9.17) is 16.3 Å². The number of amides is 1. The van der Waals surface area contributed by atoms with Crippen LogP contribution in [0.25, 0.3) is 0 Å². The van der Waals surface area contributed by atoms with E-state index in [9.17, 15) is 9.59 Å². The van der Waals surface area contributed by atoms with Crippen LogP contribution in [0.1, 0.15) is 49.4 Å². The van der Waals surface area contributed by atoms with Gasteiger partial charge in [-0.15, -0.1) is 0 Å². The summed E-state index contributed by atoms with van der Waals surface area (Å²) in [5.74, 6) is -0.962. The highest BCUT2D eigenvalue weighted by Gasteiger charge is 2.20. The Morgan fingerprint density at radius 3 is 2.96 bits per heavy atom. The summed E-state index contributed by atoms with van der Waals surface area (Å²) < 4.78 is 5.13. The molecule has 0 radical (unpaired) electrons. The monoisotopic (exact) mass is 336 g/mol. The fourth-order valence-electron chi connectivity index (χ4n) is 2.44. The van der Waals surface area contributed by atoms with E-state index in [1.807, 2.05) is 0 Å². The summed E-state index contributed by atoms with van der Waals surface area (Å²) in [5.41, 5.74) is 1.55. The average molecular weight is 337 g/mol. The Balaban J connectivity index is 1.77. The van der Waals surface area contributed by atoms with Crippen molar-refractivity contribution in [1.29, 1.82) is 0 Å². The topological polar surface area (TPSA) is 68.3 Å². The lowest BCUT2D eigenvalue weighted by Gasteiger charge is -2.15. The van der Waals surface area contributed by atoms with Gasteiger partial charge in [0.15, 0.2) is 6.10 Å². The number of hydrogen-bond acceptors (Lipinski definition) is 4. The van der Waals surface area contributed by atoms with Crippen molar-refractivity contribution in [2.24, 2.45) is 0 Å². The molecule has 1 aliphatic rings. The number of esters is 1. The number of pyridine rings is 1. The minimum Gasteiger partial charge on any atom is -0.449 e. The zero-order valence-electron chi connectivity index (χ0n) is 13.2. The summed E-state index contributed by atoms with van der Waals surface area (Å²) in [4.78, 5) is 27.8. The van der Waals surface area contributed by atoms with Crippen molar-refractivity contribution in [3.8, 4) is 0 Å². The van der Waals surface area contributed by atoms with E-state index in [1.54, 1.807) is 6.07 Å². The number of halogens is 1. The Bertz CT molecular complexity index is 601. The SMILES string of the molecule is C[C@@H](OC(=O)c1cccnc1Cl)C(=O)NCCC1=CCCCC1. The molecule has 1 atom stereocenters. The van der Waals surface area contributed by atoms with Crippen LogP contribution in [0.4, 0.5) is 0 Å². The fourth-order valence-corrected chi connectivity index (χ4v) is 2.63. The summed E-state index contributed by atoms with van der Waals surface area (Å²) in [6.45, 7) is 2.09. The van der Waals surface area contributed by atoms with E-state index < -0.39 is 12.1 Å². The molecule has 1 aromatic rings. The minimum absolute atomic E-state index is 0.0642. The molecular weight excluding hydrogens is 316 g/mol. The highest BCUT2D eigenvalue weighted by Crippen LogP contribution is 2.19. The van der Waals surface area contributed by atoms with Gasteiger partial charge in [0.1, 0.15) is 5.15 Å². The minimum atomic E-state index is -0.876. The van der Waals surface area contributed by atoms with Gasteiger partial charge in [-0.25, -0.2) is 9.78 Å². The molecule has 2 rings (SSSR count). The summed E-state index contributed by atoms with van der Waals surface area (Å²) in [7, 11) is 0. The number of aromatic nitrogens is 1. The first kappa shape index (κ1) is 17.5. The maximum absolute atomic E-state index is 12.0. The third-order valence-electron chi connectivity index (χ3n) is 3.76. The predicted molar refractivity (Wildman–Crippen MR) is 88.3 cm³/mol. The van der Waals surface area contributed by atoms with Crippen LogP contribution in [0.5, 0.6) is 0 Å².